The van der Waals surface area contributed by atoms with Gasteiger partial charge in [0.05, 0.1) is 19.4 Å². The Bertz CT molecular complexity index is 708. The van der Waals surface area contributed by atoms with Crippen molar-refractivity contribution >= 4 is 17.6 Å². The summed E-state index contributed by atoms with van der Waals surface area (Å²) in [6.45, 7) is 5.18. The van der Waals surface area contributed by atoms with Gasteiger partial charge >= 0.3 is 0 Å². The van der Waals surface area contributed by atoms with Crippen LogP contribution in [0, 0.1) is 0 Å². The van der Waals surface area contributed by atoms with Crippen molar-refractivity contribution in [2.75, 3.05) is 61.1 Å². The highest BCUT2D eigenvalue weighted by Gasteiger charge is 2.26. The highest BCUT2D eigenvalue weighted by Crippen LogP contribution is 2.23. The van der Waals surface area contributed by atoms with Crippen LogP contribution in [-0.2, 0) is 4.74 Å². The second-order valence-electron chi connectivity index (χ2n) is 6.73. The Morgan fingerprint density at radius 1 is 1.04 bits per heavy atom. The average molecular weight is 355 g/mol. The predicted molar refractivity (Wildman–Crippen MR) is 101 cm³/mol. The van der Waals surface area contributed by atoms with Gasteiger partial charge in [0.15, 0.2) is 0 Å². The van der Waals surface area contributed by atoms with Crippen LogP contribution in [0.25, 0.3) is 0 Å². The van der Waals surface area contributed by atoms with Gasteiger partial charge in [-0.3, -0.25) is 4.98 Å². The molecule has 0 bridgehead atoms. The first-order valence-electron chi connectivity index (χ1n) is 9.21. The molecule has 26 heavy (non-hydrogen) atoms. The van der Waals surface area contributed by atoms with E-state index in [0.717, 1.165) is 69.8 Å². The number of aromatic nitrogens is 4. The Hall–Kier alpha value is -2.48. The molecular formula is C18H25N7O. The first-order chi connectivity index (χ1) is 12.8. The lowest BCUT2D eigenvalue weighted by molar-refractivity contribution is 0.122. The normalized spacial score (nSPS) is 20.9. The van der Waals surface area contributed by atoms with Crippen molar-refractivity contribution in [3.05, 3.63) is 30.9 Å². The van der Waals surface area contributed by atoms with E-state index >= 15 is 0 Å². The number of nitrogens with zero attached hydrogens (tertiary/aromatic N) is 7. The van der Waals surface area contributed by atoms with Crippen LogP contribution in [0.3, 0.4) is 0 Å². The Morgan fingerprint density at radius 2 is 1.92 bits per heavy atom. The number of anilines is 3. The van der Waals surface area contributed by atoms with E-state index in [1.54, 1.807) is 12.4 Å². The molecule has 0 spiro atoms. The highest BCUT2D eigenvalue weighted by molar-refractivity contribution is 5.45. The summed E-state index contributed by atoms with van der Waals surface area (Å²) in [5.74, 6) is 2.69. The quantitative estimate of drug-likeness (QED) is 0.810. The fourth-order valence-electron chi connectivity index (χ4n) is 3.57. The Labute approximate surface area is 153 Å². The van der Waals surface area contributed by atoms with Gasteiger partial charge in [-0.15, -0.1) is 0 Å². The average Bonchev–Trinajstić information content (AvgIpc) is 2.75. The summed E-state index contributed by atoms with van der Waals surface area (Å²) >= 11 is 0. The lowest BCUT2D eigenvalue weighted by atomic mass is 10.0. The second kappa shape index (κ2) is 7.82. The fraction of sp³-hybridized carbons (Fsp3) is 0.556. The third-order valence-electron chi connectivity index (χ3n) is 5.10. The molecule has 2 aliphatic heterocycles. The Morgan fingerprint density at radius 3 is 2.73 bits per heavy atom. The van der Waals surface area contributed by atoms with Gasteiger partial charge < -0.3 is 19.4 Å². The molecule has 8 heteroatoms. The molecule has 2 aromatic rings. The molecule has 2 saturated heterocycles. The first kappa shape index (κ1) is 17.0. The van der Waals surface area contributed by atoms with Gasteiger partial charge in [0.25, 0.3) is 0 Å². The largest absolute Gasteiger partial charge is 0.378 e. The van der Waals surface area contributed by atoms with E-state index < -0.39 is 0 Å². The summed E-state index contributed by atoms with van der Waals surface area (Å²) in [4.78, 5) is 24.7. The van der Waals surface area contributed by atoms with Crippen molar-refractivity contribution in [3.8, 4) is 0 Å². The number of likely N-dealkylation sites (N-methyl/N-ethyl adjacent to an activating group) is 1. The summed E-state index contributed by atoms with van der Waals surface area (Å²) in [6, 6.07) is 2.33. The molecule has 0 aliphatic carbocycles. The SMILES string of the molecule is CN(c1nccc(N2CCOCC2)n1)C1CCCN(c2cnccn2)C1. The summed E-state index contributed by atoms with van der Waals surface area (Å²) in [7, 11) is 2.09. The Balaban J connectivity index is 1.47. The van der Waals surface area contributed by atoms with E-state index in [0.29, 0.717) is 6.04 Å². The molecule has 1 unspecified atom stereocenters. The molecule has 0 radical (unpaired) electrons. The monoisotopic (exact) mass is 355 g/mol. The van der Waals surface area contributed by atoms with Gasteiger partial charge in [-0.25, -0.2) is 9.97 Å². The molecule has 4 heterocycles. The number of hydrogen-bond donors (Lipinski definition) is 0. The number of rotatable bonds is 4. The zero-order chi connectivity index (χ0) is 17.8. The van der Waals surface area contributed by atoms with Crippen LogP contribution in [0.2, 0.25) is 0 Å². The third-order valence-corrected chi connectivity index (χ3v) is 5.10. The third kappa shape index (κ3) is 3.70. The van der Waals surface area contributed by atoms with Crippen molar-refractivity contribution in [3.63, 3.8) is 0 Å². The van der Waals surface area contributed by atoms with E-state index in [2.05, 4.69) is 36.7 Å². The van der Waals surface area contributed by atoms with Crippen LogP contribution in [0.1, 0.15) is 12.8 Å². The van der Waals surface area contributed by atoms with Gasteiger partial charge in [0.1, 0.15) is 11.6 Å². The van der Waals surface area contributed by atoms with Crippen molar-refractivity contribution in [1.82, 2.24) is 19.9 Å². The minimum Gasteiger partial charge on any atom is -0.378 e. The molecule has 0 aromatic carbocycles. The molecule has 0 saturated carbocycles. The molecular weight excluding hydrogens is 330 g/mol. The van der Waals surface area contributed by atoms with E-state index in [9.17, 15) is 0 Å². The van der Waals surface area contributed by atoms with Crippen molar-refractivity contribution in [2.24, 2.45) is 0 Å². The molecule has 2 fully saturated rings. The number of hydrogen-bond acceptors (Lipinski definition) is 8. The zero-order valence-corrected chi connectivity index (χ0v) is 15.2. The molecule has 8 nitrogen and oxygen atoms in total. The van der Waals surface area contributed by atoms with E-state index in [-0.39, 0.29) is 0 Å². The molecule has 2 aromatic heterocycles. The van der Waals surface area contributed by atoms with E-state index in [4.69, 9.17) is 9.72 Å². The second-order valence-corrected chi connectivity index (χ2v) is 6.73. The van der Waals surface area contributed by atoms with E-state index in [1.165, 1.54) is 0 Å². The summed E-state index contributed by atoms with van der Waals surface area (Å²) in [5, 5.41) is 0. The summed E-state index contributed by atoms with van der Waals surface area (Å²) in [5.41, 5.74) is 0. The van der Waals surface area contributed by atoms with Crippen LogP contribution < -0.4 is 14.7 Å². The van der Waals surface area contributed by atoms with Crippen molar-refractivity contribution in [2.45, 2.75) is 18.9 Å². The highest BCUT2D eigenvalue weighted by atomic mass is 16.5. The standard InChI is InChI=1S/C18H25N7O/c1-23(15-3-2-8-25(14-15)17-13-19-6-7-20-17)18-21-5-4-16(22-18)24-9-11-26-12-10-24/h4-7,13,15H,2-3,8-12,14H2,1H3. The fourth-order valence-corrected chi connectivity index (χ4v) is 3.57. The van der Waals surface area contributed by atoms with Crippen molar-refractivity contribution in [1.29, 1.82) is 0 Å². The molecule has 4 rings (SSSR count). The Kier molecular flexibility index (Phi) is 5.10. The minimum absolute atomic E-state index is 0.352. The number of ether oxygens (including phenoxy) is 1. The maximum Gasteiger partial charge on any atom is 0.227 e. The molecule has 0 amide bonds. The first-order valence-corrected chi connectivity index (χ1v) is 9.21. The van der Waals surface area contributed by atoms with Crippen LogP contribution in [0.4, 0.5) is 17.6 Å². The summed E-state index contributed by atoms with van der Waals surface area (Å²) in [6.07, 6.45) is 9.39. The van der Waals surface area contributed by atoms with E-state index in [1.807, 2.05) is 18.5 Å². The number of piperidine rings is 1. The molecule has 1 atom stereocenters. The maximum absolute atomic E-state index is 5.44. The van der Waals surface area contributed by atoms with Gasteiger partial charge in [-0.2, -0.15) is 4.98 Å². The number of morpholine rings is 1. The lowest BCUT2D eigenvalue weighted by Gasteiger charge is -2.38. The molecule has 0 N–H and O–H groups in total. The van der Waals surface area contributed by atoms with Crippen LogP contribution in [0.15, 0.2) is 30.9 Å². The van der Waals surface area contributed by atoms with Gasteiger partial charge in [0.2, 0.25) is 5.95 Å². The van der Waals surface area contributed by atoms with Gasteiger partial charge in [-0.05, 0) is 18.9 Å². The minimum atomic E-state index is 0.352. The van der Waals surface area contributed by atoms with Crippen LogP contribution in [-0.4, -0.2) is 72.4 Å². The van der Waals surface area contributed by atoms with Gasteiger partial charge in [-0.1, -0.05) is 0 Å². The van der Waals surface area contributed by atoms with Crippen molar-refractivity contribution < 1.29 is 4.74 Å². The molecule has 138 valence electrons. The van der Waals surface area contributed by atoms with Crippen LogP contribution >= 0.6 is 0 Å². The summed E-state index contributed by atoms with van der Waals surface area (Å²) < 4.78 is 5.44. The maximum atomic E-state index is 5.44. The smallest absolute Gasteiger partial charge is 0.227 e. The van der Waals surface area contributed by atoms with Crippen LogP contribution in [0.5, 0.6) is 0 Å². The molecule has 2 aliphatic rings. The zero-order valence-electron chi connectivity index (χ0n) is 15.2. The topological polar surface area (TPSA) is 70.5 Å². The lowest BCUT2D eigenvalue weighted by Crippen LogP contribution is -2.47. The van der Waals surface area contributed by atoms with Gasteiger partial charge in [0, 0.05) is 57.9 Å². The predicted octanol–water partition coefficient (Wildman–Crippen LogP) is 1.21.